The summed E-state index contributed by atoms with van der Waals surface area (Å²) < 4.78 is 5.70. The predicted octanol–water partition coefficient (Wildman–Crippen LogP) is 2.49. The number of nitrogens with two attached hydrogens (primary N) is 1. The SMILES string of the molecule is CCCC(N)C(=O)N(CC1CCCO1)C1CCCC1.Cl. The van der Waals surface area contributed by atoms with Gasteiger partial charge in [0.05, 0.1) is 12.1 Å². The fourth-order valence-electron chi connectivity index (χ4n) is 3.29. The zero-order chi connectivity index (χ0) is 13.7. The summed E-state index contributed by atoms with van der Waals surface area (Å²) in [6.45, 7) is 3.67. The molecule has 0 aromatic rings. The third kappa shape index (κ3) is 4.61. The number of carbonyl (C=O) groups excluding carboxylic acids is 1. The normalized spacial score (nSPS) is 24.4. The molecule has 20 heavy (non-hydrogen) atoms. The number of hydrogen-bond acceptors (Lipinski definition) is 3. The zero-order valence-electron chi connectivity index (χ0n) is 12.6. The maximum atomic E-state index is 12.6. The molecule has 1 aliphatic heterocycles. The summed E-state index contributed by atoms with van der Waals surface area (Å²) in [4.78, 5) is 14.6. The van der Waals surface area contributed by atoms with Crippen molar-refractivity contribution >= 4 is 18.3 Å². The monoisotopic (exact) mass is 304 g/mol. The van der Waals surface area contributed by atoms with Gasteiger partial charge in [-0.05, 0) is 32.1 Å². The smallest absolute Gasteiger partial charge is 0.239 e. The molecule has 2 rings (SSSR count). The molecule has 2 aliphatic rings. The second-order valence-corrected chi connectivity index (χ2v) is 5.96. The first-order valence-corrected chi connectivity index (χ1v) is 7.90. The van der Waals surface area contributed by atoms with Gasteiger partial charge in [0.2, 0.25) is 5.91 Å². The molecule has 5 heteroatoms. The highest BCUT2D eigenvalue weighted by atomic mass is 35.5. The lowest BCUT2D eigenvalue weighted by Gasteiger charge is -2.33. The largest absolute Gasteiger partial charge is 0.376 e. The van der Waals surface area contributed by atoms with Crippen molar-refractivity contribution in [1.29, 1.82) is 0 Å². The van der Waals surface area contributed by atoms with E-state index in [0.717, 1.165) is 51.7 Å². The van der Waals surface area contributed by atoms with Crippen LogP contribution in [0.2, 0.25) is 0 Å². The van der Waals surface area contributed by atoms with E-state index in [1.807, 2.05) is 4.90 Å². The molecule has 0 bridgehead atoms. The highest BCUT2D eigenvalue weighted by Crippen LogP contribution is 2.26. The van der Waals surface area contributed by atoms with E-state index in [9.17, 15) is 4.79 Å². The fourth-order valence-corrected chi connectivity index (χ4v) is 3.29. The van der Waals surface area contributed by atoms with Gasteiger partial charge in [-0.1, -0.05) is 26.2 Å². The molecule has 4 nitrogen and oxygen atoms in total. The minimum Gasteiger partial charge on any atom is -0.376 e. The van der Waals surface area contributed by atoms with Gasteiger partial charge in [0.1, 0.15) is 0 Å². The van der Waals surface area contributed by atoms with Crippen LogP contribution in [0.25, 0.3) is 0 Å². The Hall–Kier alpha value is -0.320. The Labute approximate surface area is 128 Å². The van der Waals surface area contributed by atoms with Crippen LogP contribution in [0.15, 0.2) is 0 Å². The molecule has 1 saturated heterocycles. The molecule has 0 aromatic carbocycles. The van der Waals surface area contributed by atoms with Gasteiger partial charge in [-0.25, -0.2) is 0 Å². The molecule has 2 fully saturated rings. The first kappa shape index (κ1) is 17.7. The Bertz CT molecular complexity index is 290. The van der Waals surface area contributed by atoms with Gasteiger partial charge in [0, 0.05) is 19.2 Å². The summed E-state index contributed by atoms with van der Waals surface area (Å²) >= 11 is 0. The van der Waals surface area contributed by atoms with E-state index in [1.165, 1.54) is 12.8 Å². The van der Waals surface area contributed by atoms with E-state index in [2.05, 4.69) is 6.92 Å². The van der Waals surface area contributed by atoms with Crippen molar-refractivity contribution in [3.63, 3.8) is 0 Å². The molecular weight excluding hydrogens is 276 g/mol. The van der Waals surface area contributed by atoms with Crippen LogP contribution in [-0.4, -0.2) is 42.1 Å². The molecule has 1 heterocycles. The number of carbonyl (C=O) groups is 1. The molecule has 1 amide bonds. The average molecular weight is 305 g/mol. The van der Waals surface area contributed by atoms with Crippen molar-refractivity contribution in [2.24, 2.45) is 5.73 Å². The molecule has 0 spiro atoms. The van der Waals surface area contributed by atoms with E-state index in [4.69, 9.17) is 10.5 Å². The minimum atomic E-state index is -0.327. The Kier molecular flexibility index (Phi) is 7.85. The zero-order valence-corrected chi connectivity index (χ0v) is 13.4. The van der Waals surface area contributed by atoms with Crippen LogP contribution < -0.4 is 5.73 Å². The third-order valence-corrected chi connectivity index (χ3v) is 4.39. The lowest BCUT2D eigenvalue weighted by atomic mass is 10.1. The van der Waals surface area contributed by atoms with Gasteiger partial charge in [-0.3, -0.25) is 4.79 Å². The van der Waals surface area contributed by atoms with Crippen molar-refractivity contribution in [3.05, 3.63) is 0 Å². The molecule has 2 N–H and O–H groups in total. The fraction of sp³-hybridized carbons (Fsp3) is 0.933. The van der Waals surface area contributed by atoms with Gasteiger partial charge < -0.3 is 15.4 Å². The summed E-state index contributed by atoms with van der Waals surface area (Å²) in [5.74, 6) is 0.143. The maximum absolute atomic E-state index is 12.6. The second kappa shape index (κ2) is 8.85. The Morgan fingerprint density at radius 3 is 2.55 bits per heavy atom. The van der Waals surface area contributed by atoms with Gasteiger partial charge in [-0.2, -0.15) is 0 Å². The van der Waals surface area contributed by atoms with Crippen LogP contribution in [-0.2, 0) is 9.53 Å². The van der Waals surface area contributed by atoms with Crippen molar-refractivity contribution in [2.75, 3.05) is 13.2 Å². The van der Waals surface area contributed by atoms with Crippen molar-refractivity contribution in [1.82, 2.24) is 4.90 Å². The lowest BCUT2D eigenvalue weighted by Crippen LogP contribution is -2.50. The minimum absolute atomic E-state index is 0. The van der Waals surface area contributed by atoms with Crippen molar-refractivity contribution in [2.45, 2.75) is 76.5 Å². The molecule has 2 atom stereocenters. The second-order valence-electron chi connectivity index (χ2n) is 5.96. The van der Waals surface area contributed by atoms with E-state index in [0.29, 0.717) is 6.04 Å². The predicted molar refractivity (Wildman–Crippen MR) is 83.1 cm³/mol. The van der Waals surface area contributed by atoms with Crippen LogP contribution in [0.3, 0.4) is 0 Å². The summed E-state index contributed by atoms with van der Waals surface area (Å²) in [6.07, 6.45) is 8.94. The van der Waals surface area contributed by atoms with Crippen LogP contribution in [0.5, 0.6) is 0 Å². The topological polar surface area (TPSA) is 55.6 Å². The maximum Gasteiger partial charge on any atom is 0.239 e. The number of halogens is 1. The standard InChI is InChI=1S/C15H28N2O2.ClH/c1-2-6-14(16)15(18)17(12-7-3-4-8-12)11-13-9-5-10-19-13;/h12-14H,2-11,16H2,1H3;1H. The molecule has 2 unspecified atom stereocenters. The van der Waals surface area contributed by atoms with Gasteiger partial charge >= 0.3 is 0 Å². The van der Waals surface area contributed by atoms with E-state index >= 15 is 0 Å². The first-order valence-electron chi connectivity index (χ1n) is 7.90. The molecule has 0 radical (unpaired) electrons. The quantitative estimate of drug-likeness (QED) is 0.820. The van der Waals surface area contributed by atoms with Crippen LogP contribution in [0, 0.1) is 0 Å². The van der Waals surface area contributed by atoms with Crippen molar-refractivity contribution in [3.8, 4) is 0 Å². The van der Waals surface area contributed by atoms with Crippen LogP contribution in [0.4, 0.5) is 0 Å². The summed E-state index contributed by atoms with van der Waals surface area (Å²) in [6, 6.07) is 0.0756. The first-order chi connectivity index (χ1) is 9.22. The van der Waals surface area contributed by atoms with E-state index in [1.54, 1.807) is 0 Å². The summed E-state index contributed by atoms with van der Waals surface area (Å²) in [7, 11) is 0. The number of ether oxygens (including phenoxy) is 1. The highest BCUT2D eigenvalue weighted by Gasteiger charge is 2.32. The Morgan fingerprint density at radius 1 is 1.30 bits per heavy atom. The number of amides is 1. The Morgan fingerprint density at radius 2 is 2.00 bits per heavy atom. The molecule has 0 aromatic heterocycles. The van der Waals surface area contributed by atoms with Gasteiger partial charge in [0.15, 0.2) is 0 Å². The van der Waals surface area contributed by atoms with Crippen LogP contribution in [0.1, 0.15) is 58.3 Å². The van der Waals surface area contributed by atoms with Gasteiger partial charge in [0.25, 0.3) is 0 Å². The molecule has 118 valence electrons. The van der Waals surface area contributed by atoms with Crippen LogP contribution >= 0.6 is 12.4 Å². The third-order valence-electron chi connectivity index (χ3n) is 4.39. The van der Waals surface area contributed by atoms with E-state index in [-0.39, 0.29) is 30.5 Å². The lowest BCUT2D eigenvalue weighted by molar-refractivity contribution is -0.136. The summed E-state index contributed by atoms with van der Waals surface area (Å²) in [5, 5.41) is 0. The number of rotatable bonds is 6. The average Bonchev–Trinajstić information content (AvgIpc) is 3.08. The van der Waals surface area contributed by atoms with Gasteiger partial charge in [-0.15, -0.1) is 12.4 Å². The summed E-state index contributed by atoms with van der Waals surface area (Å²) in [5.41, 5.74) is 6.04. The Balaban J connectivity index is 0.00000200. The van der Waals surface area contributed by atoms with Crippen molar-refractivity contribution < 1.29 is 9.53 Å². The highest BCUT2D eigenvalue weighted by molar-refractivity contribution is 5.85. The van der Waals surface area contributed by atoms with E-state index < -0.39 is 0 Å². The molecule has 1 aliphatic carbocycles. The molecule has 1 saturated carbocycles. The number of nitrogens with zero attached hydrogens (tertiary/aromatic N) is 1. The molecular formula is C15H29ClN2O2. The number of hydrogen-bond donors (Lipinski definition) is 1.